The second-order valence-electron chi connectivity index (χ2n) is 4.50. The maximum Gasteiger partial charge on any atom is 0.137 e. The van der Waals surface area contributed by atoms with Crippen LogP contribution < -0.4 is 10.2 Å². The Hall–Kier alpha value is -2.17. The number of rotatable bonds is 6. The average Bonchev–Trinajstić information content (AvgIpc) is 2.52. The molecule has 2 heterocycles. The molecule has 0 radical (unpaired) electrons. The highest BCUT2D eigenvalue weighted by Crippen LogP contribution is 2.24. The molecule has 0 saturated carbocycles. The molecule has 2 aromatic rings. The van der Waals surface area contributed by atoms with Gasteiger partial charge in [0.05, 0.1) is 0 Å². The van der Waals surface area contributed by atoms with Crippen LogP contribution in [0.25, 0.3) is 0 Å². The fraction of sp³-hybridized carbons (Fsp3) is 0.400. The lowest BCUT2D eigenvalue weighted by atomic mass is 10.2. The SMILES string of the molecule is CCc1c(NC)ncnc1N(CC)Cc1ccncc1. The zero-order valence-electron chi connectivity index (χ0n) is 12.3. The topological polar surface area (TPSA) is 53.9 Å². The second-order valence-corrected chi connectivity index (χ2v) is 4.50. The first-order chi connectivity index (χ1) is 9.80. The summed E-state index contributed by atoms with van der Waals surface area (Å²) in [5, 5.41) is 3.14. The lowest BCUT2D eigenvalue weighted by Crippen LogP contribution is -2.25. The van der Waals surface area contributed by atoms with Crippen molar-refractivity contribution in [1.82, 2.24) is 15.0 Å². The van der Waals surface area contributed by atoms with Crippen LogP contribution in [-0.4, -0.2) is 28.5 Å². The molecule has 5 nitrogen and oxygen atoms in total. The summed E-state index contributed by atoms with van der Waals surface area (Å²) in [6, 6.07) is 4.07. The van der Waals surface area contributed by atoms with E-state index in [9.17, 15) is 0 Å². The van der Waals surface area contributed by atoms with E-state index in [2.05, 4.69) is 39.0 Å². The van der Waals surface area contributed by atoms with Gasteiger partial charge < -0.3 is 10.2 Å². The van der Waals surface area contributed by atoms with Gasteiger partial charge >= 0.3 is 0 Å². The van der Waals surface area contributed by atoms with Gasteiger partial charge in [-0.1, -0.05) is 6.92 Å². The standard InChI is InChI=1S/C15H21N5/c1-4-13-14(16-3)18-11-19-15(13)20(5-2)10-12-6-8-17-9-7-12/h6-9,11H,4-5,10H2,1-3H3,(H,16,18,19). The van der Waals surface area contributed by atoms with E-state index in [1.165, 1.54) is 5.56 Å². The first kappa shape index (κ1) is 14.2. The fourth-order valence-electron chi connectivity index (χ4n) is 2.26. The van der Waals surface area contributed by atoms with E-state index < -0.39 is 0 Å². The predicted octanol–water partition coefficient (Wildman–Crippen LogP) is 2.50. The van der Waals surface area contributed by atoms with Crippen LogP contribution in [0.1, 0.15) is 25.0 Å². The molecule has 0 atom stereocenters. The van der Waals surface area contributed by atoms with Crippen molar-refractivity contribution < 1.29 is 0 Å². The van der Waals surface area contributed by atoms with Crippen molar-refractivity contribution in [2.24, 2.45) is 0 Å². The molecule has 2 aromatic heterocycles. The van der Waals surface area contributed by atoms with Crippen LogP contribution in [-0.2, 0) is 13.0 Å². The monoisotopic (exact) mass is 271 g/mol. The average molecular weight is 271 g/mol. The summed E-state index contributed by atoms with van der Waals surface area (Å²) in [5.41, 5.74) is 2.39. The molecule has 0 spiro atoms. The molecule has 0 aliphatic rings. The highest BCUT2D eigenvalue weighted by molar-refractivity contribution is 5.58. The molecule has 0 aromatic carbocycles. The van der Waals surface area contributed by atoms with E-state index in [4.69, 9.17) is 0 Å². The third kappa shape index (κ3) is 3.04. The first-order valence-electron chi connectivity index (χ1n) is 6.95. The molecule has 0 bridgehead atoms. The highest BCUT2D eigenvalue weighted by atomic mass is 15.2. The number of anilines is 2. The van der Waals surface area contributed by atoms with Gasteiger partial charge in [0.15, 0.2) is 0 Å². The van der Waals surface area contributed by atoms with Gasteiger partial charge in [-0.25, -0.2) is 9.97 Å². The summed E-state index contributed by atoms with van der Waals surface area (Å²) in [5.74, 6) is 1.91. The normalized spacial score (nSPS) is 10.3. The maximum atomic E-state index is 4.48. The third-order valence-corrected chi connectivity index (χ3v) is 3.32. The number of hydrogen-bond acceptors (Lipinski definition) is 5. The van der Waals surface area contributed by atoms with Crippen LogP contribution in [0.5, 0.6) is 0 Å². The summed E-state index contributed by atoms with van der Waals surface area (Å²) >= 11 is 0. The number of pyridine rings is 1. The van der Waals surface area contributed by atoms with Gasteiger partial charge in [0.2, 0.25) is 0 Å². The molecule has 0 saturated heterocycles. The Morgan fingerprint density at radius 3 is 2.50 bits per heavy atom. The summed E-state index contributed by atoms with van der Waals surface area (Å²) in [4.78, 5) is 15.1. The van der Waals surface area contributed by atoms with Gasteiger partial charge in [0.1, 0.15) is 18.0 Å². The van der Waals surface area contributed by atoms with Crippen molar-refractivity contribution in [3.05, 3.63) is 42.0 Å². The van der Waals surface area contributed by atoms with E-state index in [0.717, 1.165) is 36.7 Å². The lowest BCUT2D eigenvalue weighted by molar-refractivity contribution is 0.798. The second kappa shape index (κ2) is 6.84. The Labute approximate surface area is 120 Å². The van der Waals surface area contributed by atoms with E-state index in [1.54, 1.807) is 6.33 Å². The van der Waals surface area contributed by atoms with Gasteiger partial charge in [-0.2, -0.15) is 0 Å². The summed E-state index contributed by atoms with van der Waals surface area (Å²) in [6.07, 6.45) is 6.17. The Morgan fingerprint density at radius 1 is 1.15 bits per heavy atom. The first-order valence-corrected chi connectivity index (χ1v) is 6.95. The zero-order chi connectivity index (χ0) is 14.4. The Balaban J connectivity index is 2.32. The van der Waals surface area contributed by atoms with Gasteiger partial charge in [0, 0.05) is 38.1 Å². The Bertz CT molecular complexity index is 541. The molecule has 5 heteroatoms. The molecule has 20 heavy (non-hydrogen) atoms. The molecule has 2 rings (SSSR count). The fourth-order valence-corrected chi connectivity index (χ4v) is 2.26. The smallest absolute Gasteiger partial charge is 0.137 e. The van der Waals surface area contributed by atoms with Crippen molar-refractivity contribution >= 4 is 11.6 Å². The van der Waals surface area contributed by atoms with E-state index in [0.29, 0.717) is 0 Å². The molecule has 0 aliphatic carbocycles. The van der Waals surface area contributed by atoms with Crippen LogP contribution >= 0.6 is 0 Å². The maximum absolute atomic E-state index is 4.48. The number of hydrogen-bond donors (Lipinski definition) is 1. The Kier molecular flexibility index (Phi) is 4.87. The van der Waals surface area contributed by atoms with Crippen molar-refractivity contribution in [2.45, 2.75) is 26.8 Å². The summed E-state index contributed by atoms with van der Waals surface area (Å²) in [6.45, 7) is 5.99. The van der Waals surface area contributed by atoms with Crippen molar-refractivity contribution in [1.29, 1.82) is 0 Å². The third-order valence-electron chi connectivity index (χ3n) is 3.32. The Morgan fingerprint density at radius 2 is 1.90 bits per heavy atom. The minimum Gasteiger partial charge on any atom is -0.373 e. The summed E-state index contributed by atoms with van der Waals surface area (Å²) < 4.78 is 0. The number of aromatic nitrogens is 3. The van der Waals surface area contributed by atoms with Crippen molar-refractivity contribution in [2.75, 3.05) is 23.8 Å². The van der Waals surface area contributed by atoms with E-state index in [-0.39, 0.29) is 0 Å². The van der Waals surface area contributed by atoms with Gasteiger partial charge in [-0.05, 0) is 31.0 Å². The molecular formula is C15H21N5. The molecule has 0 unspecified atom stereocenters. The minimum absolute atomic E-state index is 0.826. The van der Waals surface area contributed by atoms with Gasteiger partial charge in [0.25, 0.3) is 0 Å². The van der Waals surface area contributed by atoms with Gasteiger partial charge in [-0.3, -0.25) is 4.98 Å². The quantitative estimate of drug-likeness (QED) is 0.875. The lowest BCUT2D eigenvalue weighted by Gasteiger charge is -2.25. The van der Waals surface area contributed by atoms with Crippen LogP contribution in [0.3, 0.4) is 0 Å². The molecule has 0 aliphatic heterocycles. The largest absolute Gasteiger partial charge is 0.373 e. The zero-order valence-corrected chi connectivity index (χ0v) is 12.3. The van der Waals surface area contributed by atoms with Crippen LogP contribution in [0, 0.1) is 0 Å². The van der Waals surface area contributed by atoms with E-state index >= 15 is 0 Å². The molecule has 0 fully saturated rings. The summed E-state index contributed by atoms with van der Waals surface area (Å²) in [7, 11) is 1.89. The number of nitrogens with one attached hydrogen (secondary N) is 1. The molecule has 106 valence electrons. The predicted molar refractivity (Wildman–Crippen MR) is 81.9 cm³/mol. The van der Waals surface area contributed by atoms with Gasteiger partial charge in [-0.15, -0.1) is 0 Å². The molecule has 1 N–H and O–H groups in total. The van der Waals surface area contributed by atoms with Crippen LogP contribution in [0.15, 0.2) is 30.9 Å². The highest BCUT2D eigenvalue weighted by Gasteiger charge is 2.14. The number of nitrogens with zero attached hydrogens (tertiary/aromatic N) is 4. The van der Waals surface area contributed by atoms with Crippen molar-refractivity contribution in [3.8, 4) is 0 Å². The van der Waals surface area contributed by atoms with Crippen LogP contribution in [0.2, 0.25) is 0 Å². The van der Waals surface area contributed by atoms with Crippen molar-refractivity contribution in [3.63, 3.8) is 0 Å². The van der Waals surface area contributed by atoms with Crippen LogP contribution in [0.4, 0.5) is 11.6 Å². The molecule has 0 amide bonds. The van der Waals surface area contributed by atoms with E-state index in [1.807, 2.05) is 31.6 Å². The molecular weight excluding hydrogens is 250 g/mol. The minimum atomic E-state index is 0.826.